The van der Waals surface area contributed by atoms with Gasteiger partial charge >= 0.3 is 0 Å². The van der Waals surface area contributed by atoms with Crippen molar-refractivity contribution in [3.63, 3.8) is 0 Å². The van der Waals surface area contributed by atoms with E-state index in [2.05, 4.69) is 23.3 Å². The molecule has 3 aromatic rings. The van der Waals surface area contributed by atoms with Crippen molar-refractivity contribution in [1.29, 1.82) is 0 Å². The number of nitrogens with zero attached hydrogens (tertiary/aromatic N) is 1. The number of benzene rings is 1. The van der Waals surface area contributed by atoms with Crippen LogP contribution in [0.4, 0.5) is 5.69 Å². The number of hydrogen-bond donors (Lipinski definition) is 1. The van der Waals surface area contributed by atoms with Crippen molar-refractivity contribution in [2.24, 2.45) is 5.92 Å². The topological polar surface area (TPSA) is 55.1 Å². The van der Waals surface area contributed by atoms with E-state index in [9.17, 15) is 4.79 Å². The molecule has 0 bridgehead atoms. The average Bonchev–Trinajstić information content (AvgIpc) is 3.21. The minimum Gasteiger partial charge on any atom is -0.449 e. The summed E-state index contributed by atoms with van der Waals surface area (Å²) in [5.74, 6) is 1.33. The SMILES string of the molecule is Cc1nc(-c2ccc(NC(=O)c3cc4c(s3)CCC(C)C4)cc2)co1. The Labute approximate surface area is 150 Å². The first-order valence-corrected chi connectivity index (χ1v) is 9.35. The molecule has 4 rings (SSSR count). The van der Waals surface area contributed by atoms with Crippen LogP contribution in [0.15, 0.2) is 41.0 Å². The Morgan fingerprint density at radius 1 is 1.32 bits per heavy atom. The highest BCUT2D eigenvalue weighted by molar-refractivity contribution is 7.14. The van der Waals surface area contributed by atoms with E-state index < -0.39 is 0 Å². The van der Waals surface area contributed by atoms with E-state index in [0.29, 0.717) is 11.8 Å². The molecule has 1 N–H and O–H groups in total. The van der Waals surface area contributed by atoms with Gasteiger partial charge in [-0.25, -0.2) is 4.98 Å². The normalized spacial score (nSPS) is 16.5. The van der Waals surface area contributed by atoms with Crippen LogP contribution in [0, 0.1) is 12.8 Å². The molecule has 0 fully saturated rings. The quantitative estimate of drug-likeness (QED) is 0.714. The lowest BCUT2D eigenvalue weighted by atomic mass is 9.90. The second kappa shape index (κ2) is 6.48. The largest absolute Gasteiger partial charge is 0.449 e. The fourth-order valence-corrected chi connectivity index (χ4v) is 4.33. The summed E-state index contributed by atoms with van der Waals surface area (Å²) < 4.78 is 5.24. The van der Waals surface area contributed by atoms with Crippen molar-refractivity contribution in [1.82, 2.24) is 4.98 Å². The summed E-state index contributed by atoms with van der Waals surface area (Å²) in [5.41, 5.74) is 3.91. The van der Waals surface area contributed by atoms with E-state index in [1.54, 1.807) is 17.6 Å². The lowest BCUT2D eigenvalue weighted by Gasteiger charge is -2.16. The van der Waals surface area contributed by atoms with Gasteiger partial charge in [0.15, 0.2) is 5.89 Å². The van der Waals surface area contributed by atoms with Crippen LogP contribution in [-0.2, 0) is 12.8 Å². The predicted molar refractivity (Wildman–Crippen MR) is 100 cm³/mol. The van der Waals surface area contributed by atoms with Gasteiger partial charge in [0.25, 0.3) is 5.91 Å². The lowest BCUT2D eigenvalue weighted by Crippen LogP contribution is -2.10. The van der Waals surface area contributed by atoms with Crippen molar-refractivity contribution in [3.05, 3.63) is 57.8 Å². The Kier molecular flexibility index (Phi) is 4.17. The number of anilines is 1. The van der Waals surface area contributed by atoms with E-state index in [4.69, 9.17) is 4.42 Å². The van der Waals surface area contributed by atoms with Gasteiger partial charge in [-0.15, -0.1) is 11.3 Å². The summed E-state index contributed by atoms with van der Waals surface area (Å²) in [6.07, 6.45) is 5.04. The first kappa shape index (κ1) is 16.1. The van der Waals surface area contributed by atoms with Crippen LogP contribution < -0.4 is 5.32 Å². The van der Waals surface area contributed by atoms with Crippen LogP contribution in [0.1, 0.15) is 39.3 Å². The number of nitrogens with one attached hydrogen (secondary N) is 1. The van der Waals surface area contributed by atoms with E-state index >= 15 is 0 Å². The van der Waals surface area contributed by atoms with Gasteiger partial charge in [-0.1, -0.05) is 19.1 Å². The zero-order chi connectivity index (χ0) is 17.4. The number of amides is 1. The highest BCUT2D eigenvalue weighted by atomic mass is 32.1. The third-order valence-electron chi connectivity index (χ3n) is 4.61. The number of aromatic nitrogens is 1. The second-order valence-corrected chi connectivity index (χ2v) is 7.83. The standard InChI is InChI=1S/C20H20N2O2S/c1-12-3-8-18-15(9-12)10-19(25-18)20(23)22-16-6-4-14(5-7-16)17-11-24-13(2)21-17/h4-7,10-12H,3,8-9H2,1-2H3,(H,22,23). The number of aryl methyl sites for hydroxylation is 2. The maximum absolute atomic E-state index is 12.5. The zero-order valence-electron chi connectivity index (χ0n) is 14.3. The molecule has 1 unspecified atom stereocenters. The number of carbonyl (C=O) groups excluding carboxylic acids is 1. The van der Waals surface area contributed by atoms with Crippen LogP contribution in [0.25, 0.3) is 11.3 Å². The molecular formula is C20H20N2O2S. The van der Waals surface area contributed by atoms with Gasteiger partial charge in [0.1, 0.15) is 12.0 Å². The van der Waals surface area contributed by atoms with Crippen LogP contribution >= 0.6 is 11.3 Å². The summed E-state index contributed by atoms with van der Waals surface area (Å²) >= 11 is 1.63. The number of oxazole rings is 1. The molecule has 2 heterocycles. The monoisotopic (exact) mass is 352 g/mol. The molecule has 1 aliphatic rings. The van der Waals surface area contributed by atoms with E-state index in [1.165, 1.54) is 16.9 Å². The Morgan fingerprint density at radius 3 is 2.84 bits per heavy atom. The van der Waals surface area contributed by atoms with Crippen molar-refractivity contribution >= 4 is 22.9 Å². The van der Waals surface area contributed by atoms with Gasteiger partial charge in [-0.3, -0.25) is 4.79 Å². The molecule has 4 nitrogen and oxygen atoms in total. The van der Waals surface area contributed by atoms with Gasteiger partial charge in [-0.05, 0) is 48.9 Å². The highest BCUT2D eigenvalue weighted by Crippen LogP contribution is 2.32. The maximum atomic E-state index is 12.5. The van der Waals surface area contributed by atoms with Gasteiger partial charge in [0, 0.05) is 23.1 Å². The van der Waals surface area contributed by atoms with Crippen LogP contribution in [0.2, 0.25) is 0 Å². The molecule has 0 saturated carbocycles. The Bertz CT molecular complexity index is 908. The summed E-state index contributed by atoms with van der Waals surface area (Å²) in [6.45, 7) is 4.09. The van der Waals surface area contributed by atoms with Gasteiger partial charge in [0.2, 0.25) is 0 Å². The first-order chi connectivity index (χ1) is 12.1. The van der Waals surface area contributed by atoms with Gasteiger partial charge < -0.3 is 9.73 Å². The zero-order valence-corrected chi connectivity index (χ0v) is 15.2. The molecule has 0 saturated heterocycles. The molecule has 2 aromatic heterocycles. The second-order valence-electron chi connectivity index (χ2n) is 6.69. The molecule has 1 atom stereocenters. The lowest BCUT2D eigenvalue weighted by molar-refractivity contribution is 0.103. The molecule has 1 aromatic carbocycles. The Morgan fingerprint density at radius 2 is 2.12 bits per heavy atom. The third-order valence-corrected chi connectivity index (χ3v) is 5.85. The van der Waals surface area contributed by atoms with Crippen molar-refractivity contribution in [3.8, 4) is 11.3 Å². The number of hydrogen-bond acceptors (Lipinski definition) is 4. The van der Waals surface area contributed by atoms with Gasteiger partial charge in [0.05, 0.1) is 4.88 Å². The average molecular weight is 352 g/mol. The molecule has 0 spiro atoms. The Hall–Kier alpha value is -2.40. The molecule has 128 valence electrons. The third kappa shape index (κ3) is 3.37. The molecule has 0 radical (unpaired) electrons. The van der Waals surface area contributed by atoms with E-state index in [-0.39, 0.29) is 5.91 Å². The molecule has 1 aliphatic carbocycles. The molecule has 5 heteroatoms. The summed E-state index contributed by atoms with van der Waals surface area (Å²) in [7, 11) is 0. The van der Waals surface area contributed by atoms with Gasteiger partial charge in [-0.2, -0.15) is 0 Å². The van der Waals surface area contributed by atoms with E-state index in [0.717, 1.165) is 34.7 Å². The fourth-order valence-electron chi connectivity index (χ4n) is 3.23. The van der Waals surface area contributed by atoms with E-state index in [1.807, 2.05) is 31.2 Å². The predicted octanol–water partition coefficient (Wildman–Crippen LogP) is 5.09. The van der Waals surface area contributed by atoms with Crippen LogP contribution in [0.3, 0.4) is 0 Å². The molecule has 25 heavy (non-hydrogen) atoms. The maximum Gasteiger partial charge on any atom is 0.265 e. The first-order valence-electron chi connectivity index (χ1n) is 8.54. The summed E-state index contributed by atoms with van der Waals surface area (Å²) in [6, 6.07) is 9.74. The van der Waals surface area contributed by atoms with Crippen molar-refractivity contribution < 1.29 is 9.21 Å². The number of fused-ring (bicyclic) bond motifs is 1. The van der Waals surface area contributed by atoms with Crippen LogP contribution in [-0.4, -0.2) is 10.9 Å². The molecular weight excluding hydrogens is 332 g/mol. The van der Waals surface area contributed by atoms with Crippen LogP contribution in [0.5, 0.6) is 0 Å². The number of rotatable bonds is 3. The van der Waals surface area contributed by atoms with Crippen molar-refractivity contribution in [2.75, 3.05) is 5.32 Å². The number of carbonyl (C=O) groups is 1. The summed E-state index contributed by atoms with van der Waals surface area (Å²) in [5, 5.41) is 2.99. The molecule has 0 aliphatic heterocycles. The van der Waals surface area contributed by atoms with Crippen molar-refractivity contribution in [2.45, 2.75) is 33.1 Å². The number of thiophene rings is 1. The Balaban J connectivity index is 1.47. The smallest absolute Gasteiger partial charge is 0.265 e. The summed E-state index contributed by atoms with van der Waals surface area (Å²) in [4.78, 5) is 19.0. The molecule has 1 amide bonds. The minimum absolute atomic E-state index is 0.0305. The minimum atomic E-state index is -0.0305. The highest BCUT2D eigenvalue weighted by Gasteiger charge is 2.20. The fraction of sp³-hybridized carbons (Fsp3) is 0.300.